The zero-order valence-corrected chi connectivity index (χ0v) is 12.6. The molecule has 0 atom stereocenters. The number of carbonyl (C=O) groups excluding carboxylic acids is 1. The highest BCUT2D eigenvalue weighted by atomic mass is 16.6. The molecule has 1 aromatic heterocycles. The van der Waals surface area contributed by atoms with Crippen LogP contribution in [-0.2, 0) is 0 Å². The lowest BCUT2D eigenvalue weighted by atomic mass is 10.0. The van der Waals surface area contributed by atoms with Crippen LogP contribution in [0.15, 0.2) is 24.4 Å². The smallest absolute Gasteiger partial charge is 0.270 e. The van der Waals surface area contributed by atoms with E-state index in [2.05, 4.69) is 32.7 Å². The quantitative estimate of drug-likeness (QED) is 0.527. The Balaban J connectivity index is 2.08. The molecule has 1 fully saturated rings. The van der Waals surface area contributed by atoms with E-state index < -0.39 is 4.92 Å². The Morgan fingerprint density at radius 1 is 1.24 bits per heavy atom. The molecular formula is C16H18N2O3. The lowest BCUT2D eigenvalue weighted by molar-refractivity contribution is -0.384. The average Bonchev–Trinajstić information content (AvgIpc) is 2.73. The number of nitrogens with one attached hydrogen (secondary N) is 1. The molecule has 5 nitrogen and oxygen atoms in total. The number of aromatic nitrogens is 1. The van der Waals surface area contributed by atoms with E-state index in [1.165, 1.54) is 12.1 Å². The highest BCUT2D eigenvalue weighted by Crippen LogP contribution is 2.69. The molecule has 5 heteroatoms. The summed E-state index contributed by atoms with van der Waals surface area (Å²) >= 11 is 0. The van der Waals surface area contributed by atoms with Gasteiger partial charge < -0.3 is 4.98 Å². The van der Waals surface area contributed by atoms with Crippen molar-refractivity contribution in [1.82, 2.24) is 4.98 Å². The SMILES string of the molecule is CC1(C)C(C(=O)c2c[nH]c3ccc([N+](=O)[O-])cc23)C1(C)C. The maximum Gasteiger partial charge on any atom is 0.270 e. The van der Waals surface area contributed by atoms with E-state index in [4.69, 9.17) is 0 Å². The fraction of sp³-hybridized carbons (Fsp3) is 0.438. The third-order valence-corrected chi connectivity index (χ3v) is 5.42. The Hall–Kier alpha value is -2.17. The zero-order valence-electron chi connectivity index (χ0n) is 12.6. The van der Waals surface area contributed by atoms with Crippen molar-refractivity contribution in [2.75, 3.05) is 0 Å². The first-order chi connectivity index (χ1) is 9.68. The molecule has 21 heavy (non-hydrogen) atoms. The Labute approximate surface area is 122 Å². The van der Waals surface area contributed by atoms with Gasteiger partial charge in [-0.2, -0.15) is 0 Å². The summed E-state index contributed by atoms with van der Waals surface area (Å²) in [5.41, 5.74) is 1.21. The average molecular weight is 286 g/mol. The summed E-state index contributed by atoms with van der Waals surface area (Å²) in [6.07, 6.45) is 1.67. The molecule has 0 spiro atoms. The van der Waals surface area contributed by atoms with Gasteiger partial charge in [-0.25, -0.2) is 0 Å². The van der Waals surface area contributed by atoms with Gasteiger partial charge in [-0.3, -0.25) is 14.9 Å². The molecule has 1 aliphatic rings. The van der Waals surface area contributed by atoms with Crippen molar-refractivity contribution in [2.45, 2.75) is 27.7 Å². The number of H-pyrrole nitrogens is 1. The molecule has 1 heterocycles. The summed E-state index contributed by atoms with van der Waals surface area (Å²) in [6, 6.07) is 4.56. The van der Waals surface area contributed by atoms with Gasteiger partial charge in [0.15, 0.2) is 5.78 Å². The van der Waals surface area contributed by atoms with Gasteiger partial charge in [-0.1, -0.05) is 27.7 Å². The second-order valence-corrected chi connectivity index (χ2v) is 6.93. The molecule has 2 aromatic rings. The number of nitro groups is 1. The van der Waals surface area contributed by atoms with E-state index in [0.717, 1.165) is 5.52 Å². The fourth-order valence-electron chi connectivity index (χ4n) is 3.43. The van der Waals surface area contributed by atoms with Crippen LogP contribution >= 0.6 is 0 Å². The number of nitrogens with zero attached hydrogens (tertiary/aromatic N) is 1. The van der Waals surface area contributed by atoms with E-state index in [9.17, 15) is 14.9 Å². The largest absolute Gasteiger partial charge is 0.360 e. The van der Waals surface area contributed by atoms with Gasteiger partial charge in [0.2, 0.25) is 0 Å². The van der Waals surface area contributed by atoms with Crippen LogP contribution in [0, 0.1) is 26.9 Å². The predicted octanol–water partition coefficient (Wildman–Crippen LogP) is 3.94. The summed E-state index contributed by atoms with van der Waals surface area (Å²) in [5.74, 6) is 0.0139. The predicted molar refractivity (Wildman–Crippen MR) is 80.3 cm³/mol. The third kappa shape index (κ3) is 1.73. The summed E-state index contributed by atoms with van der Waals surface area (Å²) in [6.45, 7) is 8.36. The van der Waals surface area contributed by atoms with Gasteiger partial charge in [0.25, 0.3) is 5.69 Å². The van der Waals surface area contributed by atoms with Crippen LogP contribution in [0.3, 0.4) is 0 Å². The first-order valence-corrected chi connectivity index (χ1v) is 6.97. The number of rotatable bonds is 3. The summed E-state index contributed by atoms with van der Waals surface area (Å²) < 4.78 is 0. The van der Waals surface area contributed by atoms with Crippen LogP contribution in [0.5, 0.6) is 0 Å². The maximum absolute atomic E-state index is 12.8. The molecule has 0 saturated heterocycles. The standard InChI is InChI=1S/C16H18N2O3/c1-15(2)14(16(15,3)4)13(19)11-8-17-12-6-5-9(18(20)21)7-10(11)12/h5-8,14,17H,1-4H3. The van der Waals surface area contributed by atoms with E-state index in [-0.39, 0.29) is 28.2 Å². The Bertz CT molecular complexity index is 757. The molecule has 0 aliphatic heterocycles. The topological polar surface area (TPSA) is 76.0 Å². The highest BCUT2D eigenvalue weighted by Gasteiger charge is 2.68. The van der Waals surface area contributed by atoms with E-state index in [1.807, 2.05) is 0 Å². The summed E-state index contributed by atoms with van der Waals surface area (Å²) in [7, 11) is 0. The van der Waals surface area contributed by atoms with Crippen molar-refractivity contribution in [3.8, 4) is 0 Å². The van der Waals surface area contributed by atoms with Gasteiger partial charge in [0.1, 0.15) is 0 Å². The van der Waals surface area contributed by atoms with Crippen molar-refractivity contribution >= 4 is 22.4 Å². The first kappa shape index (κ1) is 13.8. The first-order valence-electron chi connectivity index (χ1n) is 6.97. The number of benzene rings is 1. The Kier molecular flexibility index (Phi) is 2.58. The second-order valence-electron chi connectivity index (χ2n) is 6.93. The molecule has 3 rings (SSSR count). The van der Waals surface area contributed by atoms with Gasteiger partial charge in [0, 0.05) is 40.7 Å². The van der Waals surface area contributed by atoms with Crippen LogP contribution in [0.1, 0.15) is 38.1 Å². The van der Waals surface area contributed by atoms with Crippen molar-refractivity contribution < 1.29 is 9.72 Å². The van der Waals surface area contributed by atoms with Gasteiger partial charge >= 0.3 is 0 Å². The number of non-ortho nitro benzene ring substituents is 1. The van der Waals surface area contributed by atoms with Crippen molar-refractivity contribution in [1.29, 1.82) is 0 Å². The van der Waals surface area contributed by atoms with Crippen molar-refractivity contribution in [3.63, 3.8) is 0 Å². The maximum atomic E-state index is 12.8. The number of hydrogen-bond acceptors (Lipinski definition) is 3. The van der Waals surface area contributed by atoms with Crippen molar-refractivity contribution in [3.05, 3.63) is 40.1 Å². The lowest BCUT2D eigenvalue weighted by Gasteiger charge is -2.03. The summed E-state index contributed by atoms with van der Waals surface area (Å²) in [4.78, 5) is 26.3. The van der Waals surface area contributed by atoms with Crippen LogP contribution in [0.4, 0.5) is 5.69 Å². The lowest BCUT2D eigenvalue weighted by Crippen LogP contribution is -2.06. The van der Waals surface area contributed by atoms with E-state index in [0.29, 0.717) is 10.9 Å². The number of nitro benzene ring substituents is 1. The number of Topliss-reactive ketones (excluding diaryl/α,β-unsaturated/α-hetero) is 1. The van der Waals surface area contributed by atoms with Crippen LogP contribution in [-0.4, -0.2) is 15.7 Å². The van der Waals surface area contributed by atoms with Crippen LogP contribution < -0.4 is 0 Å². The van der Waals surface area contributed by atoms with Gasteiger partial charge in [-0.15, -0.1) is 0 Å². The molecule has 0 radical (unpaired) electrons. The van der Waals surface area contributed by atoms with Gasteiger partial charge in [-0.05, 0) is 16.9 Å². The molecule has 1 saturated carbocycles. The van der Waals surface area contributed by atoms with Gasteiger partial charge in [0.05, 0.1) is 4.92 Å². The van der Waals surface area contributed by atoms with Crippen LogP contribution in [0.25, 0.3) is 10.9 Å². The zero-order chi connectivity index (χ0) is 15.6. The van der Waals surface area contributed by atoms with Crippen molar-refractivity contribution in [2.24, 2.45) is 16.7 Å². The molecule has 1 N–H and O–H groups in total. The second kappa shape index (κ2) is 3.93. The number of ketones is 1. The molecule has 110 valence electrons. The number of fused-ring (bicyclic) bond motifs is 1. The number of hydrogen-bond donors (Lipinski definition) is 1. The summed E-state index contributed by atoms with van der Waals surface area (Å²) in [5, 5.41) is 11.5. The third-order valence-electron chi connectivity index (χ3n) is 5.42. The van der Waals surface area contributed by atoms with Crippen LogP contribution in [0.2, 0.25) is 0 Å². The Morgan fingerprint density at radius 2 is 1.86 bits per heavy atom. The minimum absolute atomic E-state index is 0.00506. The van der Waals surface area contributed by atoms with E-state index in [1.54, 1.807) is 12.3 Å². The normalized spacial score (nSPS) is 19.6. The molecule has 0 unspecified atom stereocenters. The highest BCUT2D eigenvalue weighted by molar-refractivity contribution is 6.11. The molecule has 1 aliphatic carbocycles. The minimum atomic E-state index is -0.439. The molecule has 0 amide bonds. The fourth-order valence-corrected chi connectivity index (χ4v) is 3.43. The molecule has 0 bridgehead atoms. The number of aromatic amines is 1. The number of carbonyl (C=O) groups is 1. The molecular weight excluding hydrogens is 268 g/mol. The van der Waals surface area contributed by atoms with E-state index >= 15 is 0 Å². The monoisotopic (exact) mass is 286 g/mol. The Morgan fingerprint density at radius 3 is 2.38 bits per heavy atom. The minimum Gasteiger partial charge on any atom is -0.360 e. The molecule has 1 aromatic carbocycles.